The first-order valence-electron chi connectivity index (χ1n) is 6.22. The minimum Gasteiger partial charge on any atom is -0.377 e. The highest BCUT2D eigenvalue weighted by molar-refractivity contribution is 6.02. The third-order valence-corrected chi connectivity index (χ3v) is 2.71. The van der Waals surface area contributed by atoms with Crippen LogP contribution in [0.1, 0.15) is 42.7 Å². The Morgan fingerprint density at radius 3 is 2.80 bits per heavy atom. The van der Waals surface area contributed by atoms with Crippen LogP contribution in [0, 0.1) is 0 Å². The Morgan fingerprint density at radius 2 is 2.20 bits per heavy atom. The van der Waals surface area contributed by atoms with E-state index in [0.29, 0.717) is 11.6 Å². The van der Waals surface area contributed by atoms with Gasteiger partial charge in [0, 0.05) is 30.4 Å². The molecule has 0 atom stereocenters. The molecule has 7 heteroatoms. The standard InChI is InChI=1S/C13H18N4O3/c1-13(2,3)10-6-11(16-15-10)14-12(18)9-5-8(7-19-4)20-17-9/h5-6H,7H2,1-4H3,(H2,14,15,16,18). The number of amides is 1. The summed E-state index contributed by atoms with van der Waals surface area (Å²) in [7, 11) is 1.54. The normalized spacial score (nSPS) is 11.6. The number of aromatic nitrogens is 3. The van der Waals surface area contributed by atoms with Gasteiger partial charge in [-0.2, -0.15) is 5.10 Å². The molecule has 2 N–H and O–H groups in total. The average Bonchev–Trinajstić information content (AvgIpc) is 2.97. The Balaban J connectivity index is 2.05. The summed E-state index contributed by atoms with van der Waals surface area (Å²) in [4.78, 5) is 12.0. The van der Waals surface area contributed by atoms with Crippen molar-refractivity contribution in [1.82, 2.24) is 15.4 Å². The zero-order valence-corrected chi connectivity index (χ0v) is 12.0. The maximum atomic E-state index is 12.0. The van der Waals surface area contributed by atoms with Gasteiger partial charge in [-0.25, -0.2) is 0 Å². The number of hydrogen-bond acceptors (Lipinski definition) is 5. The molecule has 0 bridgehead atoms. The molecule has 7 nitrogen and oxygen atoms in total. The molecular formula is C13H18N4O3. The maximum Gasteiger partial charge on any atom is 0.279 e. The minimum absolute atomic E-state index is 0.0600. The monoisotopic (exact) mass is 278 g/mol. The number of carbonyl (C=O) groups is 1. The lowest BCUT2D eigenvalue weighted by Crippen LogP contribution is -2.13. The number of nitrogens with zero attached hydrogens (tertiary/aromatic N) is 2. The van der Waals surface area contributed by atoms with Crippen molar-refractivity contribution in [3.05, 3.63) is 29.3 Å². The summed E-state index contributed by atoms with van der Waals surface area (Å²) in [6, 6.07) is 3.34. The number of aromatic amines is 1. The van der Waals surface area contributed by atoms with Gasteiger partial charge in [0.2, 0.25) is 0 Å². The molecular weight excluding hydrogens is 260 g/mol. The van der Waals surface area contributed by atoms with E-state index in [0.717, 1.165) is 5.69 Å². The van der Waals surface area contributed by atoms with Gasteiger partial charge in [-0.3, -0.25) is 9.89 Å². The number of methoxy groups -OCH3 is 1. The number of ether oxygens (including phenoxy) is 1. The predicted molar refractivity (Wildman–Crippen MR) is 72.5 cm³/mol. The lowest BCUT2D eigenvalue weighted by Gasteiger charge is -2.14. The number of rotatable bonds is 4. The summed E-state index contributed by atoms with van der Waals surface area (Å²) in [5, 5.41) is 13.3. The molecule has 108 valence electrons. The fourth-order valence-electron chi connectivity index (χ4n) is 1.58. The molecule has 1 amide bonds. The van der Waals surface area contributed by atoms with Crippen LogP contribution in [0.3, 0.4) is 0 Å². The van der Waals surface area contributed by atoms with E-state index in [-0.39, 0.29) is 23.6 Å². The number of nitrogens with one attached hydrogen (secondary N) is 2. The molecule has 2 heterocycles. The van der Waals surface area contributed by atoms with Crippen LogP contribution in [-0.4, -0.2) is 28.4 Å². The first-order valence-corrected chi connectivity index (χ1v) is 6.22. The Bertz CT molecular complexity index is 595. The van der Waals surface area contributed by atoms with E-state index in [1.54, 1.807) is 13.2 Å². The Morgan fingerprint density at radius 1 is 1.45 bits per heavy atom. The molecule has 0 saturated carbocycles. The molecule has 0 saturated heterocycles. The van der Waals surface area contributed by atoms with E-state index in [9.17, 15) is 4.79 Å². The zero-order chi connectivity index (χ0) is 14.8. The first-order chi connectivity index (χ1) is 9.40. The Kier molecular flexibility index (Phi) is 3.89. The molecule has 0 spiro atoms. The molecule has 0 aliphatic heterocycles. The van der Waals surface area contributed by atoms with Crippen LogP contribution in [0.2, 0.25) is 0 Å². The van der Waals surface area contributed by atoms with Crippen molar-refractivity contribution in [1.29, 1.82) is 0 Å². The van der Waals surface area contributed by atoms with E-state index in [1.807, 2.05) is 0 Å². The van der Waals surface area contributed by atoms with Gasteiger partial charge in [-0.1, -0.05) is 25.9 Å². The molecule has 2 aromatic rings. The zero-order valence-electron chi connectivity index (χ0n) is 12.0. The van der Waals surface area contributed by atoms with Gasteiger partial charge in [0.1, 0.15) is 6.61 Å². The van der Waals surface area contributed by atoms with Crippen molar-refractivity contribution in [2.45, 2.75) is 32.8 Å². The summed E-state index contributed by atoms with van der Waals surface area (Å²) in [5.74, 6) is 0.578. The lowest BCUT2D eigenvalue weighted by molar-refractivity contribution is 0.101. The summed E-state index contributed by atoms with van der Waals surface area (Å²) < 4.78 is 9.86. The van der Waals surface area contributed by atoms with Crippen LogP contribution in [0.15, 0.2) is 16.7 Å². The van der Waals surface area contributed by atoms with Crippen LogP contribution in [0.5, 0.6) is 0 Å². The number of H-pyrrole nitrogens is 1. The number of hydrogen-bond donors (Lipinski definition) is 2. The highest BCUT2D eigenvalue weighted by atomic mass is 16.5. The molecule has 0 aliphatic carbocycles. The van der Waals surface area contributed by atoms with Crippen molar-refractivity contribution in [2.24, 2.45) is 0 Å². The fraction of sp³-hybridized carbons (Fsp3) is 0.462. The summed E-state index contributed by atoms with van der Waals surface area (Å²) in [6.07, 6.45) is 0. The fourth-order valence-corrected chi connectivity index (χ4v) is 1.58. The smallest absolute Gasteiger partial charge is 0.279 e. The van der Waals surface area contributed by atoms with E-state index >= 15 is 0 Å². The van der Waals surface area contributed by atoms with Crippen molar-refractivity contribution < 1.29 is 14.1 Å². The largest absolute Gasteiger partial charge is 0.377 e. The average molecular weight is 278 g/mol. The number of carbonyl (C=O) groups excluding carboxylic acids is 1. The maximum absolute atomic E-state index is 12.0. The molecule has 20 heavy (non-hydrogen) atoms. The van der Waals surface area contributed by atoms with Crippen molar-refractivity contribution in [3.63, 3.8) is 0 Å². The highest BCUT2D eigenvalue weighted by Gasteiger charge is 2.18. The molecule has 0 radical (unpaired) electrons. The summed E-state index contributed by atoms with van der Waals surface area (Å²) in [5.41, 5.74) is 1.07. The van der Waals surface area contributed by atoms with Gasteiger partial charge >= 0.3 is 0 Å². The second-order valence-electron chi connectivity index (χ2n) is 5.48. The van der Waals surface area contributed by atoms with Crippen LogP contribution in [0.25, 0.3) is 0 Å². The molecule has 0 fully saturated rings. The van der Waals surface area contributed by atoms with Gasteiger partial charge in [-0.05, 0) is 0 Å². The second kappa shape index (κ2) is 5.46. The van der Waals surface area contributed by atoms with Crippen LogP contribution in [-0.2, 0) is 16.8 Å². The van der Waals surface area contributed by atoms with E-state index in [4.69, 9.17) is 9.26 Å². The van der Waals surface area contributed by atoms with E-state index in [1.165, 1.54) is 6.07 Å². The first kappa shape index (κ1) is 14.3. The molecule has 0 aliphatic rings. The van der Waals surface area contributed by atoms with Gasteiger partial charge in [-0.15, -0.1) is 0 Å². The highest BCUT2D eigenvalue weighted by Crippen LogP contribution is 2.22. The third kappa shape index (κ3) is 3.24. The SMILES string of the molecule is COCc1cc(C(=O)Nc2cc(C(C)(C)C)[nH]n2)no1. The number of anilines is 1. The molecule has 0 unspecified atom stereocenters. The third-order valence-electron chi connectivity index (χ3n) is 2.71. The summed E-state index contributed by atoms with van der Waals surface area (Å²) in [6.45, 7) is 6.44. The topological polar surface area (TPSA) is 93.0 Å². The van der Waals surface area contributed by atoms with Crippen LogP contribution >= 0.6 is 0 Å². The van der Waals surface area contributed by atoms with Crippen LogP contribution in [0.4, 0.5) is 5.82 Å². The van der Waals surface area contributed by atoms with Crippen molar-refractivity contribution >= 4 is 11.7 Å². The van der Waals surface area contributed by atoms with Crippen LogP contribution < -0.4 is 5.32 Å². The Hall–Kier alpha value is -2.15. The van der Waals surface area contributed by atoms with Gasteiger partial charge < -0.3 is 14.6 Å². The van der Waals surface area contributed by atoms with E-state index < -0.39 is 0 Å². The quantitative estimate of drug-likeness (QED) is 0.893. The Labute approximate surface area is 116 Å². The van der Waals surface area contributed by atoms with Gasteiger partial charge in [0.05, 0.1) is 0 Å². The lowest BCUT2D eigenvalue weighted by atomic mass is 9.92. The van der Waals surface area contributed by atoms with Crippen molar-refractivity contribution in [3.8, 4) is 0 Å². The molecule has 2 aromatic heterocycles. The molecule has 2 rings (SSSR count). The van der Waals surface area contributed by atoms with Gasteiger partial charge in [0.15, 0.2) is 17.3 Å². The van der Waals surface area contributed by atoms with Gasteiger partial charge in [0.25, 0.3) is 5.91 Å². The second-order valence-corrected chi connectivity index (χ2v) is 5.48. The van der Waals surface area contributed by atoms with E-state index in [2.05, 4.69) is 41.4 Å². The molecule has 0 aromatic carbocycles. The summed E-state index contributed by atoms with van der Waals surface area (Å²) >= 11 is 0. The predicted octanol–water partition coefficient (Wildman–Crippen LogP) is 2.09. The van der Waals surface area contributed by atoms with Crippen molar-refractivity contribution in [2.75, 3.05) is 12.4 Å². The minimum atomic E-state index is -0.372.